The number of fused-ring (bicyclic) bond motifs is 2. The lowest BCUT2D eigenvalue weighted by atomic mass is 9.87. The maximum atomic E-state index is 12.0. The summed E-state index contributed by atoms with van der Waals surface area (Å²) in [5.41, 5.74) is 1.60. The number of carbonyl (C=O) groups excluding carboxylic acids is 1. The van der Waals surface area contributed by atoms with E-state index in [0.29, 0.717) is 12.0 Å². The normalized spacial score (nSPS) is 14.8. The summed E-state index contributed by atoms with van der Waals surface area (Å²) < 4.78 is 0. The summed E-state index contributed by atoms with van der Waals surface area (Å²) >= 11 is 1.66. The number of ketones is 1. The van der Waals surface area contributed by atoms with Gasteiger partial charge in [-0.2, -0.15) is 0 Å². The minimum atomic E-state index is 0.0785. The van der Waals surface area contributed by atoms with Crippen molar-refractivity contribution in [2.75, 3.05) is 6.26 Å². The predicted molar refractivity (Wildman–Crippen MR) is 74.7 cm³/mol. The van der Waals surface area contributed by atoms with Gasteiger partial charge in [-0.25, -0.2) is 0 Å². The summed E-state index contributed by atoms with van der Waals surface area (Å²) in [4.78, 5) is 13.2. The number of carbonyl (C=O) groups is 1. The van der Waals surface area contributed by atoms with Gasteiger partial charge in [-0.05, 0) is 30.0 Å². The summed E-state index contributed by atoms with van der Waals surface area (Å²) in [6, 6.07) is 7.76. The molecule has 2 aromatic rings. The van der Waals surface area contributed by atoms with Crippen LogP contribution in [0.25, 0.3) is 10.8 Å². The Morgan fingerprint density at radius 3 is 2.61 bits per heavy atom. The number of hydrogen-bond donors (Lipinski definition) is 1. The minimum absolute atomic E-state index is 0.0785. The molecule has 0 aromatic heterocycles. The standard InChI is InChI=1S/C15H14O2S/c1-18-15-10-6-3-2-5-9(10)14(17)13-11(15)7-4-8-12(13)16/h2-3,5-6,17H,4,7-8H2,1H3. The number of thioether (sulfide) groups is 1. The van der Waals surface area contributed by atoms with Crippen molar-refractivity contribution in [2.45, 2.75) is 24.2 Å². The third-order valence-corrected chi connectivity index (χ3v) is 4.43. The Bertz CT molecular complexity index is 646. The van der Waals surface area contributed by atoms with Crippen LogP contribution < -0.4 is 0 Å². The average molecular weight is 258 g/mol. The van der Waals surface area contributed by atoms with E-state index in [2.05, 4.69) is 0 Å². The third-order valence-electron chi connectivity index (χ3n) is 3.55. The molecule has 0 unspecified atom stereocenters. The Kier molecular flexibility index (Phi) is 2.78. The predicted octanol–water partition coefficient (Wildman–Crippen LogP) is 3.79. The van der Waals surface area contributed by atoms with Gasteiger partial charge in [-0.3, -0.25) is 4.79 Å². The van der Waals surface area contributed by atoms with Crippen molar-refractivity contribution in [3.63, 3.8) is 0 Å². The second-order valence-electron chi connectivity index (χ2n) is 4.56. The largest absolute Gasteiger partial charge is 0.507 e. The molecule has 0 amide bonds. The van der Waals surface area contributed by atoms with Crippen LogP contribution in [0.4, 0.5) is 0 Å². The van der Waals surface area contributed by atoms with Crippen molar-refractivity contribution in [1.29, 1.82) is 0 Å². The number of aromatic hydroxyl groups is 1. The maximum absolute atomic E-state index is 12.0. The number of benzene rings is 2. The van der Waals surface area contributed by atoms with Crippen LogP contribution in [0.15, 0.2) is 29.2 Å². The van der Waals surface area contributed by atoms with Crippen LogP contribution in [-0.2, 0) is 6.42 Å². The first kappa shape index (κ1) is 11.6. The van der Waals surface area contributed by atoms with Crippen LogP contribution in [0.3, 0.4) is 0 Å². The lowest BCUT2D eigenvalue weighted by molar-refractivity contribution is 0.0969. The van der Waals surface area contributed by atoms with E-state index in [4.69, 9.17) is 0 Å². The summed E-state index contributed by atoms with van der Waals surface area (Å²) in [6.07, 6.45) is 4.34. The SMILES string of the molecule is CSc1c2c(c(O)c3ccccc13)C(=O)CCC2. The van der Waals surface area contributed by atoms with Gasteiger partial charge >= 0.3 is 0 Å². The fourth-order valence-electron chi connectivity index (χ4n) is 2.76. The monoisotopic (exact) mass is 258 g/mol. The zero-order chi connectivity index (χ0) is 12.7. The molecule has 3 rings (SSSR count). The first-order chi connectivity index (χ1) is 8.74. The lowest BCUT2D eigenvalue weighted by Gasteiger charge is -2.21. The molecule has 0 atom stereocenters. The topological polar surface area (TPSA) is 37.3 Å². The molecule has 0 spiro atoms. The van der Waals surface area contributed by atoms with Gasteiger partial charge in [0.2, 0.25) is 0 Å². The van der Waals surface area contributed by atoms with Crippen LogP contribution in [0.5, 0.6) is 5.75 Å². The van der Waals surface area contributed by atoms with E-state index in [-0.39, 0.29) is 11.5 Å². The van der Waals surface area contributed by atoms with E-state index in [1.165, 1.54) is 0 Å². The van der Waals surface area contributed by atoms with Crippen molar-refractivity contribution >= 4 is 28.3 Å². The second-order valence-corrected chi connectivity index (χ2v) is 5.37. The molecular weight excluding hydrogens is 244 g/mol. The molecule has 0 saturated heterocycles. The van der Waals surface area contributed by atoms with E-state index < -0.39 is 0 Å². The van der Waals surface area contributed by atoms with Gasteiger partial charge in [0.05, 0.1) is 5.56 Å². The highest BCUT2D eigenvalue weighted by atomic mass is 32.2. The first-order valence-electron chi connectivity index (χ1n) is 6.07. The van der Waals surface area contributed by atoms with Crippen LogP contribution in [0.1, 0.15) is 28.8 Å². The lowest BCUT2D eigenvalue weighted by Crippen LogP contribution is -2.12. The van der Waals surface area contributed by atoms with E-state index in [9.17, 15) is 9.90 Å². The zero-order valence-electron chi connectivity index (χ0n) is 10.2. The molecule has 1 aliphatic rings. The van der Waals surface area contributed by atoms with E-state index in [0.717, 1.165) is 34.1 Å². The van der Waals surface area contributed by atoms with E-state index >= 15 is 0 Å². The molecule has 0 heterocycles. The number of hydrogen-bond acceptors (Lipinski definition) is 3. The van der Waals surface area contributed by atoms with Crippen LogP contribution in [-0.4, -0.2) is 17.1 Å². The Balaban J connectivity index is 2.48. The van der Waals surface area contributed by atoms with Gasteiger partial charge in [0.1, 0.15) is 5.75 Å². The van der Waals surface area contributed by atoms with Crippen LogP contribution >= 0.6 is 11.8 Å². The molecule has 2 nitrogen and oxygen atoms in total. The Hall–Kier alpha value is -1.48. The molecule has 1 aliphatic carbocycles. The van der Waals surface area contributed by atoms with Crippen molar-refractivity contribution < 1.29 is 9.90 Å². The summed E-state index contributed by atoms with van der Waals surface area (Å²) in [6.45, 7) is 0. The second kappa shape index (κ2) is 4.32. The molecule has 0 saturated carbocycles. The van der Waals surface area contributed by atoms with E-state index in [1.54, 1.807) is 11.8 Å². The van der Waals surface area contributed by atoms with Crippen LogP contribution in [0.2, 0.25) is 0 Å². The number of rotatable bonds is 1. The highest BCUT2D eigenvalue weighted by molar-refractivity contribution is 7.98. The summed E-state index contributed by atoms with van der Waals surface area (Å²) in [7, 11) is 0. The molecule has 0 bridgehead atoms. The molecule has 2 aromatic carbocycles. The van der Waals surface area contributed by atoms with Gasteiger partial charge in [0.25, 0.3) is 0 Å². The maximum Gasteiger partial charge on any atom is 0.166 e. The molecular formula is C15H14O2S. The minimum Gasteiger partial charge on any atom is -0.507 e. The van der Waals surface area contributed by atoms with Gasteiger partial charge in [0.15, 0.2) is 5.78 Å². The van der Waals surface area contributed by atoms with Crippen molar-refractivity contribution in [1.82, 2.24) is 0 Å². The Morgan fingerprint density at radius 2 is 1.89 bits per heavy atom. The van der Waals surface area contributed by atoms with E-state index in [1.807, 2.05) is 30.5 Å². The molecule has 18 heavy (non-hydrogen) atoms. The molecule has 3 heteroatoms. The quantitative estimate of drug-likeness (QED) is 0.791. The van der Waals surface area contributed by atoms with Crippen molar-refractivity contribution in [2.24, 2.45) is 0 Å². The van der Waals surface area contributed by atoms with Gasteiger partial charge < -0.3 is 5.11 Å². The fraction of sp³-hybridized carbons (Fsp3) is 0.267. The average Bonchev–Trinajstić information content (AvgIpc) is 2.39. The number of phenolic OH excluding ortho intramolecular Hbond substituents is 1. The highest BCUT2D eigenvalue weighted by Gasteiger charge is 2.26. The van der Waals surface area contributed by atoms with Gasteiger partial charge in [0, 0.05) is 16.7 Å². The van der Waals surface area contributed by atoms with Crippen LogP contribution in [0, 0.1) is 0 Å². The number of Topliss-reactive ketones (excluding diaryl/α,β-unsaturated/α-hetero) is 1. The van der Waals surface area contributed by atoms with Crippen molar-refractivity contribution in [3.8, 4) is 5.75 Å². The fourth-order valence-corrected chi connectivity index (χ4v) is 3.61. The molecule has 0 aliphatic heterocycles. The molecule has 1 N–H and O–H groups in total. The smallest absolute Gasteiger partial charge is 0.166 e. The first-order valence-corrected chi connectivity index (χ1v) is 7.30. The molecule has 92 valence electrons. The number of phenols is 1. The van der Waals surface area contributed by atoms with Crippen molar-refractivity contribution in [3.05, 3.63) is 35.4 Å². The Morgan fingerprint density at radius 1 is 1.17 bits per heavy atom. The molecule has 0 radical (unpaired) electrons. The summed E-state index contributed by atoms with van der Waals surface area (Å²) in [5.74, 6) is 0.248. The Labute approximate surface area is 110 Å². The highest BCUT2D eigenvalue weighted by Crippen LogP contribution is 2.42. The third kappa shape index (κ3) is 1.54. The van der Waals surface area contributed by atoms with Gasteiger partial charge in [-0.1, -0.05) is 24.3 Å². The molecule has 0 fully saturated rings. The summed E-state index contributed by atoms with van der Waals surface area (Å²) in [5, 5.41) is 12.2. The van der Waals surface area contributed by atoms with Gasteiger partial charge in [-0.15, -0.1) is 11.8 Å². The zero-order valence-corrected chi connectivity index (χ0v) is 11.0.